The molecular formula is C9H17NO3S. The maximum Gasteiger partial charge on any atom is 0.315 e. The monoisotopic (exact) mass is 219 g/mol. The van der Waals surface area contributed by atoms with Crippen molar-refractivity contribution >= 4 is 23.6 Å². The van der Waals surface area contributed by atoms with Gasteiger partial charge in [0.1, 0.15) is 0 Å². The molecule has 0 aromatic rings. The molecule has 0 aliphatic rings. The molecule has 1 amide bonds. The Morgan fingerprint density at radius 3 is 2.43 bits per heavy atom. The summed E-state index contributed by atoms with van der Waals surface area (Å²) < 4.78 is 4.75. The minimum atomic E-state index is -0.268. The molecule has 0 aliphatic heterocycles. The molecule has 0 rings (SSSR count). The fourth-order valence-corrected chi connectivity index (χ4v) is 1.65. The minimum absolute atomic E-state index is 0.0132. The Bertz CT molecular complexity index is 206. The van der Waals surface area contributed by atoms with E-state index in [1.807, 2.05) is 0 Å². The molecular weight excluding hydrogens is 202 g/mol. The van der Waals surface area contributed by atoms with Gasteiger partial charge in [0.15, 0.2) is 0 Å². The average molecular weight is 219 g/mol. The molecule has 14 heavy (non-hydrogen) atoms. The predicted octanol–water partition coefficient (Wildman–Crippen LogP) is 0.759. The van der Waals surface area contributed by atoms with Gasteiger partial charge in [0.05, 0.1) is 17.6 Å². The maximum atomic E-state index is 11.4. The third kappa shape index (κ3) is 5.11. The number of rotatable bonds is 5. The highest BCUT2D eigenvalue weighted by Gasteiger charge is 2.16. The van der Waals surface area contributed by atoms with Crippen LogP contribution in [0.25, 0.3) is 0 Å². The highest BCUT2D eigenvalue weighted by atomic mass is 32.2. The number of hydrogen-bond donors (Lipinski definition) is 0. The van der Waals surface area contributed by atoms with Crippen LogP contribution in [0.2, 0.25) is 0 Å². The number of nitrogens with zero attached hydrogens (tertiary/aromatic N) is 1. The molecule has 0 spiro atoms. The topological polar surface area (TPSA) is 46.6 Å². The van der Waals surface area contributed by atoms with Crippen molar-refractivity contribution < 1.29 is 14.3 Å². The minimum Gasteiger partial charge on any atom is -0.465 e. The Kier molecular flexibility index (Phi) is 6.36. The number of amides is 1. The van der Waals surface area contributed by atoms with Crippen LogP contribution in [0.5, 0.6) is 0 Å². The molecule has 1 unspecified atom stereocenters. The Hall–Kier alpha value is -0.710. The summed E-state index contributed by atoms with van der Waals surface area (Å²) in [5, 5.41) is -0.200. The SMILES string of the molecule is CCOC(=O)CSC(C)C(=O)N(C)C. The number of ether oxygens (including phenoxy) is 1. The van der Waals surface area contributed by atoms with Crippen LogP contribution in [0.3, 0.4) is 0 Å². The second-order valence-corrected chi connectivity index (χ2v) is 4.32. The van der Waals surface area contributed by atoms with Crippen molar-refractivity contribution in [2.45, 2.75) is 19.1 Å². The van der Waals surface area contributed by atoms with Gasteiger partial charge in [-0.3, -0.25) is 9.59 Å². The molecule has 4 nitrogen and oxygen atoms in total. The molecule has 5 heteroatoms. The van der Waals surface area contributed by atoms with E-state index in [0.29, 0.717) is 6.61 Å². The van der Waals surface area contributed by atoms with Crippen LogP contribution in [0, 0.1) is 0 Å². The number of hydrogen-bond acceptors (Lipinski definition) is 4. The Morgan fingerprint density at radius 1 is 1.43 bits per heavy atom. The van der Waals surface area contributed by atoms with E-state index in [1.54, 1.807) is 27.9 Å². The molecule has 0 saturated carbocycles. The molecule has 0 heterocycles. The number of thioether (sulfide) groups is 1. The van der Waals surface area contributed by atoms with E-state index in [-0.39, 0.29) is 22.9 Å². The predicted molar refractivity (Wildman–Crippen MR) is 57.2 cm³/mol. The lowest BCUT2D eigenvalue weighted by molar-refractivity contribution is -0.139. The van der Waals surface area contributed by atoms with Gasteiger partial charge in [-0.05, 0) is 13.8 Å². The molecule has 0 bridgehead atoms. The second kappa shape index (κ2) is 6.70. The van der Waals surface area contributed by atoms with Crippen LogP contribution in [-0.2, 0) is 14.3 Å². The first-order chi connectivity index (χ1) is 6.49. The zero-order valence-electron chi connectivity index (χ0n) is 9.07. The van der Waals surface area contributed by atoms with E-state index >= 15 is 0 Å². The van der Waals surface area contributed by atoms with Gasteiger partial charge in [-0.1, -0.05) is 0 Å². The van der Waals surface area contributed by atoms with Crippen molar-refractivity contribution in [2.24, 2.45) is 0 Å². The van der Waals surface area contributed by atoms with Crippen LogP contribution in [-0.4, -0.2) is 48.5 Å². The van der Waals surface area contributed by atoms with Crippen LogP contribution in [0.15, 0.2) is 0 Å². The van der Waals surface area contributed by atoms with Gasteiger partial charge < -0.3 is 9.64 Å². The molecule has 0 aromatic carbocycles. The van der Waals surface area contributed by atoms with Crippen LogP contribution in [0.4, 0.5) is 0 Å². The summed E-state index contributed by atoms with van der Waals surface area (Å²) in [4.78, 5) is 23.9. The standard InChI is InChI=1S/C9H17NO3S/c1-5-13-8(11)6-14-7(2)9(12)10(3)4/h7H,5-6H2,1-4H3. The molecule has 0 radical (unpaired) electrons. The molecule has 0 fully saturated rings. The fourth-order valence-electron chi connectivity index (χ4n) is 0.831. The largest absolute Gasteiger partial charge is 0.465 e. The summed E-state index contributed by atoms with van der Waals surface area (Å²) in [7, 11) is 3.40. The van der Waals surface area contributed by atoms with E-state index in [9.17, 15) is 9.59 Å². The first kappa shape index (κ1) is 13.3. The lowest BCUT2D eigenvalue weighted by atomic mass is 10.4. The number of carbonyl (C=O) groups excluding carboxylic acids is 2. The van der Waals surface area contributed by atoms with Crippen molar-refractivity contribution in [3.8, 4) is 0 Å². The van der Waals surface area contributed by atoms with Gasteiger partial charge in [-0.25, -0.2) is 0 Å². The van der Waals surface area contributed by atoms with Gasteiger partial charge in [0.2, 0.25) is 5.91 Å². The van der Waals surface area contributed by atoms with E-state index in [2.05, 4.69) is 0 Å². The van der Waals surface area contributed by atoms with Gasteiger partial charge in [0, 0.05) is 14.1 Å². The lowest BCUT2D eigenvalue weighted by Gasteiger charge is -2.15. The fraction of sp³-hybridized carbons (Fsp3) is 0.778. The Labute approximate surface area is 89.0 Å². The average Bonchev–Trinajstić information content (AvgIpc) is 2.13. The van der Waals surface area contributed by atoms with E-state index in [4.69, 9.17) is 4.74 Å². The third-order valence-corrected chi connectivity index (χ3v) is 2.65. The van der Waals surface area contributed by atoms with E-state index < -0.39 is 0 Å². The summed E-state index contributed by atoms with van der Waals surface area (Å²) in [5.74, 6) is -0.0237. The molecule has 82 valence electrons. The quantitative estimate of drug-likeness (QED) is 0.640. The van der Waals surface area contributed by atoms with Crippen molar-refractivity contribution in [1.29, 1.82) is 0 Å². The van der Waals surface area contributed by atoms with E-state index in [1.165, 1.54) is 16.7 Å². The van der Waals surface area contributed by atoms with Crippen molar-refractivity contribution in [3.63, 3.8) is 0 Å². The van der Waals surface area contributed by atoms with Crippen LogP contribution < -0.4 is 0 Å². The Balaban J connectivity index is 3.79. The van der Waals surface area contributed by atoms with Crippen LogP contribution in [0.1, 0.15) is 13.8 Å². The first-order valence-corrected chi connectivity index (χ1v) is 5.52. The van der Waals surface area contributed by atoms with Crippen LogP contribution >= 0.6 is 11.8 Å². The zero-order chi connectivity index (χ0) is 11.1. The summed E-state index contributed by atoms with van der Waals surface area (Å²) in [5.41, 5.74) is 0. The smallest absolute Gasteiger partial charge is 0.315 e. The highest BCUT2D eigenvalue weighted by molar-refractivity contribution is 8.01. The summed E-state index contributed by atoms with van der Waals surface area (Å²) >= 11 is 1.30. The molecule has 0 aromatic heterocycles. The highest BCUT2D eigenvalue weighted by Crippen LogP contribution is 2.12. The van der Waals surface area contributed by atoms with Crippen molar-refractivity contribution in [3.05, 3.63) is 0 Å². The summed E-state index contributed by atoms with van der Waals surface area (Å²) in [6, 6.07) is 0. The second-order valence-electron chi connectivity index (χ2n) is 2.99. The van der Waals surface area contributed by atoms with Gasteiger partial charge in [0.25, 0.3) is 0 Å². The van der Waals surface area contributed by atoms with Gasteiger partial charge >= 0.3 is 5.97 Å². The lowest BCUT2D eigenvalue weighted by Crippen LogP contribution is -2.30. The molecule has 0 aliphatic carbocycles. The van der Waals surface area contributed by atoms with Gasteiger partial charge in [-0.2, -0.15) is 0 Å². The first-order valence-electron chi connectivity index (χ1n) is 4.47. The normalized spacial score (nSPS) is 12.0. The molecule has 0 saturated heterocycles. The maximum absolute atomic E-state index is 11.4. The number of carbonyl (C=O) groups is 2. The summed E-state index contributed by atoms with van der Waals surface area (Å²) in [6.07, 6.45) is 0. The van der Waals surface area contributed by atoms with Crippen molar-refractivity contribution in [1.82, 2.24) is 4.90 Å². The molecule has 0 N–H and O–H groups in total. The third-order valence-electron chi connectivity index (χ3n) is 1.55. The summed E-state index contributed by atoms with van der Waals surface area (Å²) in [6.45, 7) is 3.93. The van der Waals surface area contributed by atoms with Gasteiger partial charge in [-0.15, -0.1) is 11.8 Å². The van der Waals surface area contributed by atoms with Crippen molar-refractivity contribution in [2.75, 3.05) is 26.5 Å². The zero-order valence-corrected chi connectivity index (χ0v) is 9.89. The number of esters is 1. The molecule has 1 atom stereocenters. The Morgan fingerprint density at radius 2 is 2.00 bits per heavy atom. The van der Waals surface area contributed by atoms with E-state index in [0.717, 1.165) is 0 Å².